The van der Waals surface area contributed by atoms with Crippen molar-refractivity contribution >= 4 is 27.5 Å². The van der Waals surface area contributed by atoms with Crippen molar-refractivity contribution in [2.45, 2.75) is 31.7 Å². The van der Waals surface area contributed by atoms with Crippen LogP contribution in [-0.2, 0) is 11.2 Å². The van der Waals surface area contributed by atoms with E-state index in [9.17, 15) is 4.79 Å². The number of carbonyl (C=O) groups excluding carboxylic acids is 1. The molecule has 1 aliphatic heterocycles. The maximum atomic E-state index is 12.9. The number of hydrogen-bond donors (Lipinski definition) is 0. The first kappa shape index (κ1) is 18.0. The number of hydrogen-bond acceptors (Lipinski definition) is 6. The van der Waals surface area contributed by atoms with Gasteiger partial charge in [0, 0.05) is 24.9 Å². The molecule has 6 nitrogen and oxygen atoms in total. The SMILES string of the molecule is O=C(CCc1nc(-c2ccccc2)no1)N1CCC[C@@H]1c1nc2ccccc2s1. The lowest BCUT2D eigenvalue weighted by molar-refractivity contribution is -0.132. The van der Waals surface area contributed by atoms with Crippen LogP contribution >= 0.6 is 11.3 Å². The Morgan fingerprint density at radius 3 is 2.79 bits per heavy atom. The fraction of sp³-hybridized carbons (Fsp3) is 0.273. The van der Waals surface area contributed by atoms with Gasteiger partial charge >= 0.3 is 0 Å². The molecular formula is C22H20N4O2S. The molecule has 0 unspecified atom stereocenters. The summed E-state index contributed by atoms with van der Waals surface area (Å²) in [7, 11) is 0. The minimum absolute atomic E-state index is 0.0717. The van der Waals surface area contributed by atoms with Crippen molar-refractivity contribution in [1.82, 2.24) is 20.0 Å². The molecule has 7 heteroatoms. The summed E-state index contributed by atoms with van der Waals surface area (Å²) in [5.41, 5.74) is 1.91. The van der Waals surface area contributed by atoms with Gasteiger partial charge in [0.15, 0.2) is 0 Å². The quantitative estimate of drug-likeness (QED) is 0.484. The van der Waals surface area contributed by atoms with Crippen LogP contribution in [0.4, 0.5) is 0 Å². The number of benzene rings is 2. The van der Waals surface area contributed by atoms with Gasteiger partial charge < -0.3 is 9.42 Å². The van der Waals surface area contributed by atoms with Crippen molar-refractivity contribution in [3.05, 3.63) is 65.5 Å². The molecule has 1 fully saturated rings. The van der Waals surface area contributed by atoms with Gasteiger partial charge in [-0.05, 0) is 25.0 Å². The Labute approximate surface area is 172 Å². The number of likely N-dealkylation sites (tertiary alicyclic amines) is 1. The third kappa shape index (κ3) is 3.65. The van der Waals surface area contributed by atoms with Gasteiger partial charge in [0.05, 0.1) is 16.3 Å². The molecule has 0 radical (unpaired) electrons. The summed E-state index contributed by atoms with van der Waals surface area (Å²) in [5, 5.41) is 5.06. The number of aryl methyl sites for hydroxylation is 1. The molecule has 1 saturated heterocycles. The van der Waals surface area contributed by atoms with Crippen LogP contribution in [0.15, 0.2) is 59.1 Å². The van der Waals surface area contributed by atoms with Gasteiger partial charge in [-0.2, -0.15) is 4.98 Å². The molecule has 146 valence electrons. The minimum Gasteiger partial charge on any atom is -0.339 e. The van der Waals surface area contributed by atoms with E-state index in [1.54, 1.807) is 11.3 Å². The topological polar surface area (TPSA) is 72.1 Å². The van der Waals surface area contributed by atoms with Crippen LogP contribution < -0.4 is 0 Å². The molecule has 0 aliphatic carbocycles. The number of amides is 1. The van der Waals surface area contributed by atoms with Crippen LogP contribution in [0.25, 0.3) is 21.6 Å². The summed E-state index contributed by atoms with van der Waals surface area (Å²) in [4.78, 5) is 24.1. The standard InChI is InChI=1S/C22H20N4O2S/c27-20(13-12-19-24-21(25-28-19)15-7-2-1-3-8-15)26-14-6-10-17(26)22-23-16-9-4-5-11-18(16)29-22/h1-5,7-9,11,17H,6,10,12-14H2/t17-/m1/s1. The van der Waals surface area contributed by atoms with E-state index in [2.05, 4.69) is 16.2 Å². The predicted molar refractivity (Wildman–Crippen MR) is 111 cm³/mol. The molecule has 29 heavy (non-hydrogen) atoms. The number of thiazole rings is 1. The molecular weight excluding hydrogens is 384 g/mol. The third-order valence-corrected chi connectivity index (χ3v) is 6.36. The molecule has 4 aromatic rings. The normalized spacial score (nSPS) is 16.6. The van der Waals surface area contributed by atoms with Gasteiger partial charge in [-0.15, -0.1) is 11.3 Å². The summed E-state index contributed by atoms with van der Waals surface area (Å²) < 4.78 is 6.51. The maximum Gasteiger partial charge on any atom is 0.227 e. The molecule has 0 bridgehead atoms. The van der Waals surface area contributed by atoms with Gasteiger partial charge in [0.25, 0.3) is 0 Å². The highest BCUT2D eigenvalue weighted by Gasteiger charge is 2.32. The number of rotatable bonds is 5. The van der Waals surface area contributed by atoms with Crippen LogP contribution in [0.2, 0.25) is 0 Å². The smallest absolute Gasteiger partial charge is 0.227 e. The zero-order chi connectivity index (χ0) is 19.6. The molecule has 3 heterocycles. The van der Waals surface area contributed by atoms with Crippen molar-refractivity contribution in [2.24, 2.45) is 0 Å². The summed E-state index contributed by atoms with van der Waals surface area (Å²) in [6.07, 6.45) is 2.77. The first-order valence-electron chi connectivity index (χ1n) is 9.81. The number of carbonyl (C=O) groups is 1. The molecule has 0 spiro atoms. The maximum absolute atomic E-state index is 12.9. The zero-order valence-electron chi connectivity index (χ0n) is 15.8. The second kappa shape index (κ2) is 7.75. The largest absolute Gasteiger partial charge is 0.339 e. The van der Waals surface area contributed by atoms with E-state index in [1.807, 2.05) is 53.4 Å². The molecule has 2 aromatic heterocycles. The van der Waals surface area contributed by atoms with E-state index in [-0.39, 0.29) is 11.9 Å². The van der Waals surface area contributed by atoms with Gasteiger partial charge in [-0.3, -0.25) is 4.79 Å². The minimum atomic E-state index is 0.0717. The number of fused-ring (bicyclic) bond motifs is 1. The first-order valence-corrected chi connectivity index (χ1v) is 10.6. The van der Waals surface area contributed by atoms with Crippen molar-refractivity contribution in [3.8, 4) is 11.4 Å². The molecule has 1 aliphatic rings. The van der Waals surface area contributed by atoms with Crippen LogP contribution in [-0.4, -0.2) is 32.5 Å². The average Bonchev–Trinajstić information content (AvgIpc) is 3.51. The highest BCUT2D eigenvalue weighted by Crippen LogP contribution is 2.36. The second-order valence-corrected chi connectivity index (χ2v) is 8.20. The predicted octanol–water partition coefficient (Wildman–Crippen LogP) is 4.64. The van der Waals surface area contributed by atoms with Gasteiger partial charge in [-0.1, -0.05) is 47.6 Å². The summed E-state index contributed by atoms with van der Waals surface area (Å²) in [6, 6.07) is 17.9. The van der Waals surface area contributed by atoms with E-state index < -0.39 is 0 Å². The summed E-state index contributed by atoms with van der Waals surface area (Å²) >= 11 is 1.69. The lowest BCUT2D eigenvalue weighted by atomic mass is 10.2. The summed E-state index contributed by atoms with van der Waals surface area (Å²) in [6.45, 7) is 0.776. The highest BCUT2D eigenvalue weighted by atomic mass is 32.1. The summed E-state index contributed by atoms with van der Waals surface area (Å²) in [5.74, 6) is 1.17. The van der Waals surface area contributed by atoms with Crippen molar-refractivity contribution < 1.29 is 9.32 Å². The Balaban J connectivity index is 1.26. The molecule has 5 rings (SSSR count). The lowest BCUT2D eigenvalue weighted by Crippen LogP contribution is -2.30. The highest BCUT2D eigenvalue weighted by molar-refractivity contribution is 7.18. The fourth-order valence-electron chi connectivity index (χ4n) is 3.77. The Morgan fingerprint density at radius 2 is 1.93 bits per heavy atom. The molecule has 2 aromatic carbocycles. The van der Waals surface area contributed by atoms with Crippen LogP contribution in [0.3, 0.4) is 0 Å². The van der Waals surface area contributed by atoms with E-state index in [4.69, 9.17) is 9.51 Å². The van der Waals surface area contributed by atoms with Gasteiger partial charge in [0.1, 0.15) is 5.01 Å². The van der Waals surface area contributed by atoms with Crippen LogP contribution in [0.5, 0.6) is 0 Å². The van der Waals surface area contributed by atoms with Gasteiger partial charge in [-0.25, -0.2) is 4.98 Å². The van der Waals surface area contributed by atoms with Crippen LogP contribution in [0, 0.1) is 0 Å². The molecule has 1 atom stereocenters. The number of aromatic nitrogens is 3. The van der Waals surface area contributed by atoms with E-state index in [0.29, 0.717) is 24.6 Å². The average molecular weight is 404 g/mol. The zero-order valence-corrected chi connectivity index (χ0v) is 16.6. The Morgan fingerprint density at radius 1 is 1.10 bits per heavy atom. The number of nitrogens with zero attached hydrogens (tertiary/aromatic N) is 4. The Bertz CT molecular complexity index is 1100. The monoisotopic (exact) mass is 404 g/mol. The third-order valence-electron chi connectivity index (χ3n) is 5.22. The van der Waals surface area contributed by atoms with Crippen molar-refractivity contribution in [2.75, 3.05) is 6.54 Å². The molecule has 1 amide bonds. The molecule has 0 saturated carbocycles. The van der Waals surface area contributed by atoms with E-state index >= 15 is 0 Å². The van der Waals surface area contributed by atoms with Crippen molar-refractivity contribution in [1.29, 1.82) is 0 Å². The fourth-order valence-corrected chi connectivity index (χ4v) is 4.89. The number of para-hydroxylation sites is 1. The lowest BCUT2D eigenvalue weighted by Gasteiger charge is -2.22. The molecule has 0 N–H and O–H groups in total. The van der Waals surface area contributed by atoms with E-state index in [0.717, 1.165) is 35.5 Å². The van der Waals surface area contributed by atoms with E-state index in [1.165, 1.54) is 4.70 Å². The Kier molecular flexibility index (Phi) is 4.81. The second-order valence-electron chi connectivity index (χ2n) is 7.14. The van der Waals surface area contributed by atoms with Crippen molar-refractivity contribution in [3.63, 3.8) is 0 Å². The van der Waals surface area contributed by atoms with Crippen LogP contribution in [0.1, 0.15) is 36.2 Å². The van der Waals surface area contributed by atoms with Gasteiger partial charge in [0.2, 0.25) is 17.6 Å². The Hall–Kier alpha value is -3.06. The first-order chi connectivity index (χ1) is 14.3.